The summed E-state index contributed by atoms with van der Waals surface area (Å²) < 4.78 is 26.9. The second-order valence-corrected chi connectivity index (χ2v) is 9.97. The number of rotatable bonds is 5. The Balaban J connectivity index is 1.52. The van der Waals surface area contributed by atoms with Crippen LogP contribution in [0.5, 0.6) is 0 Å². The maximum atomic E-state index is 12.8. The summed E-state index contributed by atoms with van der Waals surface area (Å²) >= 11 is 0. The highest BCUT2D eigenvalue weighted by molar-refractivity contribution is 7.88. The fraction of sp³-hybridized carbons (Fsp3) is 0.650. The number of likely N-dealkylation sites (tertiary alicyclic amines) is 1. The van der Waals surface area contributed by atoms with Gasteiger partial charge in [0.2, 0.25) is 10.0 Å². The zero-order valence-electron chi connectivity index (χ0n) is 16.4. The van der Waals surface area contributed by atoms with Crippen LogP contribution in [0.3, 0.4) is 0 Å². The molecule has 2 aliphatic heterocycles. The van der Waals surface area contributed by atoms with E-state index < -0.39 is 10.0 Å². The van der Waals surface area contributed by atoms with E-state index in [1.165, 1.54) is 11.3 Å². The molecule has 0 radical (unpaired) electrons. The number of sulfonamides is 1. The molecule has 3 rings (SSSR count). The van der Waals surface area contributed by atoms with Gasteiger partial charge in [-0.1, -0.05) is 30.3 Å². The Morgan fingerprint density at radius 2 is 1.67 bits per heavy atom. The van der Waals surface area contributed by atoms with Crippen LogP contribution in [0.15, 0.2) is 30.3 Å². The molecule has 2 fully saturated rings. The molecule has 0 aromatic heterocycles. The maximum Gasteiger partial charge on any atom is 0.278 e. The number of nitrogens with one attached hydrogen (secondary N) is 1. The maximum absolute atomic E-state index is 12.8. The lowest BCUT2D eigenvalue weighted by atomic mass is 9.97. The first-order chi connectivity index (χ1) is 12.9. The average molecular weight is 395 g/mol. The van der Waals surface area contributed by atoms with Crippen LogP contribution in [0.25, 0.3) is 0 Å². The van der Waals surface area contributed by atoms with Gasteiger partial charge >= 0.3 is 0 Å². The van der Waals surface area contributed by atoms with Crippen LogP contribution in [-0.2, 0) is 20.6 Å². The number of piperidine rings is 1. The van der Waals surface area contributed by atoms with Crippen molar-refractivity contribution in [1.82, 2.24) is 9.21 Å². The van der Waals surface area contributed by atoms with Gasteiger partial charge in [0, 0.05) is 12.1 Å². The third-order valence-corrected chi connectivity index (χ3v) is 7.75. The first kappa shape index (κ1) is 20.3. The molecule has 150 valence electrons. The quantitative estimate of drug-likeness (QED) is 0.791. The van der Waals surface area contributed by atoms with E-state index in [1.54, 1.807) is 4.31 Å². The van der Waals surface area contributed by atoms with E-state index >= 15 is 0 Å². The molecule has 1 amide bonds. The molecule has 1 aromatic rings. The van der Waals surface area contributed by atoms with E-state index in [0.29, 0.717) is 44.8 Å². The molecule has 2 atom stereocenters. The Morgan fingerprint density at radius 3 is 2.26 bits per heavy atom. The van der Waals surface area contributed by atoms with Crippen LogP contribution >= 0.6 is 0 Å². The van der Waals surface area contributed by atoms with Crippen molar-refractivity contribution < 1.29 is 18.1 Å². The molecule has 7 heteroatoms. The number of nitrogens with zero attached hydrogens (tertiary/aromatic N) is 2. The number of piperazine rings is 1. The number of amides is 1. The van der Waals surface area contributed by atoms with Crippen LogP contribution in [0.1, 0.15) is 38.7 Å². The molecule has 1 N–H and O–H groups in total. The molecule has 2 aliphatic rings. The van der Waals surface area contributed by atoms with Crippen LogP contribution in [0, 0.1) is 0 Å². The summed E-state index contributed by atoms with van der Waals surface area (Å²) in [6, 6.07) is 9.93. The minimum atomic E-state index is -3.30. The molecule has 0 aliphatic carbocycles. The predicted molar refractivity (Wildman–Crippen MR) is 106 cm³/mol. The second-order valence-electron chi connectivity index (χ2n) is 8.00. The highest BCUT2D eigenvalue weighted by Crippen LogP contribution is 2.22. The number of hydrogen-bond donors (Lipinski definition) is 1. The lowest BCUT2D eigenvalue weighted by molar-refractivity contribution is -0.896. The van der Waals surface area contributed by atoms with Crippen LogP contribution in [0.4, 0.5) is 0 Å². The van der Waals surface area contributed by atoms with Crippen molar-refractivity contribution in [2.45, 2.75) is 50.9 Å². The summed E-state index contributed by atoms with van der Waals surface area (Å²) in [7, 11) is -3.30. The minimum Gasteiger partial charge on any atom is -0.332 e. The molecule has 6 nitrogen and oxygen atoms in total. The Hall–Kier alpha value is -1.44. The molecule has 2 saturated heterocycles. The molecule has 0 spiro atoms. The summed E-state index contributed by atoms with van der Waals surface area (Å²) in [5, 5.41) is 0. The van der Waals surface area contributed by atoms with Gasteiger partial charge in [-0.25, -0.2) is 8.42 Å². The van der Waals surface area contributed by atoms with Crippen molar-refractivity contribution in [2.75, 3.05) is 32.7 Å². The fourth-order valence-corrected chi connectivity index (χ4v) is 5.89. The minimum absolute atomic E-state index is 0.0465. The number of benzene rings is 1. The van der Waals surface area contributed by atoms with E-state index in [0.717, 1.165) is 18.4 Å². The lowest BCUT2D eigenvalue weighted by Gasteiger charge is -2.40. The average Bonchev–Trinajstić information content (AvgIpc) is 2.62. The normalized spacial score (nSPS) is 25.5. The third-order valence-electron chi connectivity index (χ3n) is 5.90. The molecule has 1 aromatic carbocycles. The number of carbonyl (C=O) groups is 1. The van der Waals surface area contributed by atoms with Gasteiger partial charge in [-0.2, -0.15) is 4.31 Å². The molecule has 27 heavy (non-hydrogen) atoms. The van der Waals surface area contributed by atoms with Gasteiger partial charge in [0.05, 0.1) is 31.9 Å². The SMILES string of the molecule is C[C@H]1CCC[C@H](C)N1C(=O)C[NH+]1CCN(S(=O)(=O)Cc2ccccc2)CC1. The molecular weight excluding hydrogens is 362 g/mol. The molecule has 0 saturated carbocycles. The van der Waals surface area contributed by atoms with Crippen LogP contribution < -0.4 is 4.90 Å². The zero-order valence-corrected chi connectivity index (χ0v) is 17.2. The van der Waals surface area contributed by atoms with Crippen molar-refractivity contribution in [1.29, 1.82) is 0 Å². The van der Waals surface area contributed by atoms with Crippen molar-refractivity contribution in [2.24, 2.45) is 0 Å². The van der Waals surface area contributed by atoms with Crippen molar-refractivity contribution in [3.05, 3.63) is 35.9 Å². The highest BCUT2D eigenvalue weighted by Gasteiger charge is 2.34. The van der Waals surface area contributed by atoms with Crippen molar-refractivity contribution in [3.8, 4) is 0 Å². The Bertz CT molecular complexity index is 720. The smallest absolute Gasteiger partial charge is 0.278 e. The van der Waals surface area contributed by atoms with Crippen LogP contribution in [-0.4, -0.2) is 68.3 Å². The van der Waals surface area contributed by atoms with Gasteiger partial charge in [0.15, 0.2) is 6.54 Å². The van der Waals surface area contributed by atoms with E-state index in [4.69, 9.17) is 0 Å². The van der Waals surface area contributed by atoms with Gasteiger partial charge in [-0.3, -0.25) is 4.79 Å². The first-order valence-corrected chi connectivity index (χ1v) is 11.6. The Kier molecular flexibility index (Phi) is 6.55. The van der Waals surface area contributed by atoms with Gasteiger partial charge in [-0.15, -0.1) is 0 Å². The van der Waals surface area contributed by atoms with Gasteiger partial charge in [-0.05, 0) is 38.7 Å². The second kappa shape index (κ2) is 8.71. The summed E-state index contributed by atoms with van der Waals surface area (Å²) in [5.41, 5.74) is 0.815. The monoisotopic (exact) mass is 394 g/mol. The zero-order chi connectivity index (χ0) is 19.4. The standard InChI is InChI=1S/C20H31N3O3S/c1-17-7-6-8-18(2)23(17)20(24)15-21-11-13-22(14-12-21)27(25,26)16-19-9-4-3-5-10-19/h3-5,9-10,17-18H,6-8,11-16H2,1-2H3/p+1/t17-,18-/m0/s1. The molecular formula is C20H32N3O3S+. The van der Waals surface area contributed by atoms with Crippen LogP contribution in [0.2, 0.25) is 0 Å². The topological polar surface area (TPSA) is 62.1 Å². The summed E-state index contributed by atoms with van der Waals surface area (Å²) in [6.45, 7) is 7.10. The van der Waals surface area contributed by atoms with E-state index in [9.17, 15) is 13.2 Å². The predicted octanol–water partition coefficient (Wildman–Crippen LogP) is 0.506. The number of carbonyl (C=O) groups excluding carboxylic acids is 1. The van der Waals surface area contributed by atoms with Crippen molar-refractivity contribution in [3.63, 3.8) is 0 Å². The number of quaternary nitrogens is 1. The van der Waals surface area contributed by atoms with Crippen molar-refractivity contribution >= 4 is 15.9 Å². The van der Waals surface area contributed by atoms with E-state index in [-0.39, 0.29) is 11.7 Å². The lowest BCUT2D eigenvalue weighted by Crippen LogP contribution is -3.16. The fourth-order valence-electron chi connectivity index (χ4n) is 4.35. The summed E-state index contributed by atoms with van der Waals surface area (Å²) in [4.78, 5) is 16.0. The van der Waals surface area contributed by atoms with Gasteiger partial charge in [0.1, 0.15) is 0 Å². The Labute approximate surface area is 163 Å². The van der Waals surface area contributed by atoms with E-state index in [1.807, 2.05) is 30.3 Å². The number of hydrogen-bond acceptors (Lipinski definition) is 3. The van der Waals surface area contributed by atoms with Gasteiger partial charge < -0.3 is 9.80 Å². The summed E-state index contributed by atoms with van der Waals surface area (Å²) in [5.74, 6) is 0.260. The van der Waals surface area contributed by atoms with Gasteiger partial charge in [0.25, 0.3) is 5.91 Å². The third kappa shape index (κ3) is 5.09. The molecule has 2 heterocycles. The molecule has 0 bridgehead atoms. The first-order valence-electron chi connectivity index (χ1n) is 10.0. The molecule has 0 unspecified atom stereocenters. The van der Waals surface area contributed by atoms with E-state index in [2.05, 4.69) is 18.7 Å². The largest absolute Gasteiger partial charge is 0.332 e. The summed E-state index contributed by atoms with van der Waals surface area (Å²) in [6.07, 6.45) is 3.35. The highest BCUT2D eigenvalue weighted by atomic mass is 32.2. The Morgan fingerprint density at radius 1 is 1.07 bits per heavy atom.